The van der Waals surface area contributed by atoms with E-state index >= 15 is 0 Å². The Morgan fingerprint density at radius 3 is 2.43 bits per heavy atom. The molecule has 0 radical (unpaired) electrons. The smallest absolute Gasteiger partial charge is 0.387 e. The van der Waals surface area contributed by atoms with Gasteiger partial charge in [-0.1, -0.05) is 12.1 Å². The molecule has 0 bridgehead atoms. The molecule has 0 aliphatic heterocycles. The Labute approximate surface area is 131 Å². The molecule has 0 amide bonds. The van der Waals surface area contributed by atoms with Crippen LogP contribution < -0.4 is 9.47 Å². The molecule has 0 saturated heterocycles. The first-order valence-electron chi connectivity index (χ1n) is 6.64. The lowest BCUT2D eigenvalue weighted by Gasteiger charge is -2.10. The van der Waals surface area contributed by atoms with E-state index in [-0.39, 0.29) is 23.0 Å². The number of rotatable bonds is 6. The zero-order valence-electron chi connectivity index (χ0n) is 12.2. The van der Waals surface area contributed by atoms with Gasteiger partial charge in [0.15, 0.2) is 17.3 Å². The van der Waals surface area contributed by atoms with Crippen molar-refractivity contribution in [3.63, 3.8) is 0 Å². The van der Waals surface area contributed by atoms with Crippen LogP contribution in [0.25, 0.3) is 6.08 Å². The van der Waals surface area contributed by atoms with Crippen LogP contribution in [0.1, 0.15) is 15.9 Å². The summed E-state index contributed by atoms with van der Waals surface area (Å²) in [4.78, 5) is 12.0. The fraction of sp³-hybridized carbons (Fsp3) is 0.118. The Hall–Kier alpha value is -2.89. The molecule has 120 valence electrons. The van der Waals surface area contributed by atoms with Crippen LogP contribution in [0.5, 0.6) is 17.2 Å². The molecule has 0 aliphatic rings. The maximum absolute atomic E-state index is 12.3. The van der Waals surface area contributed by atoms with Gasteiger partial charge in [0.25, 0.3) is 0 Å². The summed E-state index contributed by atoms with van der Waals surface area (Å²) in [6, 6.07) is 10.2. The Morgan fingerprint density at radius 1 is 1.13 bits per heavy atom. The second-order valence-corrected chi connectivity index (χ2v) is 4.53. The van der Waals surface area contributed by atoms with Crippen molar-refractivity contribution >= 4 is 11.9 Å². The van der Waals surface area contributed by atoms with Crippen molar-refractivity contribution in [1.82, 2.24) is 0 Å². The maximum atomic E-state index is 12.3. The summed E-state index contributed by atoms with van der Waals surface area (Å²) < 4.78 is 33.8. The van der Waals surface area contributed by atoms with E-state index in [1.807, 2.05) is 0 Å². The van der Waals surface area contributed by atoms with E-state index in [1.165, 1.54) is 61.7 Å². The monoisotopic (exact) mass is 320 g/mol. The zero-order valence-corrected chi connectivity index (χ0v) is 12.2. The fourth-order valence-electron chi connectivity index (χ4n) is 1.88. The molecule has 0 heterocycles. The van der Waals surface area contributed by atoms with E-state index in [4.69, 9.17) is 4.74 Å². The minimum Gasteiger partial charge on any atom is -0.508 e. The molecule has 0 aliphatic carbocycles. The first-order chi connectivity index (χ1) is 11.0. The highest BCUT2D eigenvalue weighted by Gasteiger charge is 2.10. The number of methoxy groups -OCH3 is 1. The molecular formula is C17H14F2O4. The lowest BCUT2D eigenvalue weighted by atomic mass is 10.1. The minimum absolute atomic E-state index is 0.0740. The van der Waals surface area contributed by atoms with Crippen LogP contribution >= 0.6 is 0 Å². The summed E-state index contributed by atoms with van der Waals surface area (Å²) in [6.07, 6.45) is 2.87. The number of alkyl halides is 2. The second kappa shape index (κ2) is 7.40. The topological polar surface area (TPSA) is 55.8 Å². The highest BCUT2D eigenvalue weighted by molar-refractivity contribution is 6.06. The van der Waals surface area contributed by atoms with Gasteiger partial charge in [0.1, 0.15) is 5.75 Å². The van der Waals surface area contributed by atoms with Crippen LogP contribution in [0.4, 0.5) is 8.78 Å². The number of aromatic hydroxyl groups is 1. The van der Waals surface area contributed by atoms with Gasteiger partial charge < -0.3 is 14.6 Å². The van der Waals surface area contributed by atoms with E-state index in [9.17, 15) is 18.7 Å². The highest BCUT2D eigenvalue weighted by atomic mass is 19.3. The molecule has 2 aromatic carbocycles. The average molecular weight is 320 g/mol. The first-order valence-corrected chi connectivity index (χ1v) is 6.64. The number of hydrogen-bond donors (Lipinski definition) is 1. The molecule has 0 spiro atoms. The van der Waals surface area contributed by atoms with Crippen LogP contribution in [-0.2, 0) is 0 Å². The number of carbonyl (C=O) groups excluding carboxylic acids is 1. The van der Waals surface area contributed by atoms with E-state index in [2.05, 4.69) is 4.74 Å². The van der Waals surface area contributed by atoms with E-state index in [0.717, 1.165) is 0 Å². The van der Waals surface area contributed by atoms with Crippen molar-refractivity contribution in [1.29, 1.82) is 0 Å². The number of hydrogen-bond acceptors (Lipinski definition) is 4. The Morgan fingerprint density at radius 2 is 1.83 bits per heavy atom. The van der Waals surface area contributed by atoms with Crippen LogP contribution in [0, 0.1) is 0 Å². The molecule has 0 fully saturated rings. The molecule has 0 saturated carbocycles. The Bertz CT molecular complexity index is 709. The first kappa shape index (κ1) is 16.5. The number of allylic oxidation sites excluding steroid dienone is 1. The molecule has 6 heteroatoms. The van der Waals surface area contributed by atoms with Gasteiger partial charge in [0.2, 0.25) is 0 Å². The third-order valence-electron chi connectivity index (χ3n) is 2.98. The predicted octanol–water partition coefficient (Wildman–Crippen LogP) is 3.90. The standard InChI is InChI=1S/C17H14F2O4/c1-22-16-10-11(3-9-15(16)23-17(18)19)2-8-14(21)12-4-6-13(20)7-5-12/h2-10,17,20H,1H3/b8-2+. The summed E-state index contributed by atoms with van der Waals surface area (Å²) in [6.45, 7) is -2.94. The summed E-state index contributed by atoms with van der Waals surface area (Å²) in [5.41, 5.74) is 1.01. The summed E-state index contributed by atoms with van der Waals surface area (Å²) >= 11 is 0. The zero-order chi connectivity index (χ0) is 16.8. The van der Waals surface area contributed by atoms with Crippen LogP contribution in [0.3, 0.4) is 0 Å². The Kier molecular flexibility index (Phi) is 5.30. The summed E-state index contributed by atoms with van der Waals surface area (Å²) in [7, 11) is 1.34. The molecule has 0 unspecified atom stereocenters. The number of halogens is 2. The number of ether oxygens (including phenoxy) is 2. The molecule has 0 aromatic heterocycles. The third-order valence-corrected chi connectivity index (χ3v) is 2.98. The van der Waals surface area contributed by atoms with Crippen molar-refractivity contribution in [3.05, 3.63) is 59.7 Å². The van der Waals surface area contributed by atoms with E-state index in [0.29, 0.717) is 11.1 Å². The normalized spacial score (nSPS) is 11.0. The van der Waals surface area contributed by atoms with Gasteiger partial charge in [0, 0.05) is 5.56 Å². The molecule has 2 aromatic rings. The number of ketones is 1. The molecule has 23 heavy (non-hydrogen) atoms. The van der Waals surface area contributed by atoms with Gasteiger partial charge in [-0.3, -0.25) is 4.79 Å². The van der Waals surface area contributed by atoms with Crippen molar-refractivity contribution in [2.24, 2.45) is 0 Å². The predicted molar refractivity (Wildman–Crippen MR) is 81.1 cm³/mol. The van der Waals surface area contributed by atoms with Gasteiger partial charge in [-0.25, -0.2) is 0 Å². The lowest BCUT2D eigenvalue weighted by Crippen LogP contribution is -2.03. The summed E-state index contributed by atoms with van der Waals surface area (Å²) in [5, 5.41) is 9.18. The lowest BCUT2D eigenvalue weighted by molar-refractivity contribution is -0.0512. The van der Waals surface area contributed by atoms with Gasteiger partial charge in [-0.15, -0.1) is 0 Å². The van der Waals surface area contributed by atoms with Crippen LogP contribution in [0.15, 0.2) is 48.5 Å². The summed E-state index contributed by atoms with van der Waals surface area (Å²) in [5.74, 6) is -0.115. The highest BCUT2D eigenvalue weighted by Crippen LogP contribution is 2.29. The average Bonchev–Trinajstić information content (AvgIpc) is 2.53. The van der Waals surface area contributed by atoms with Crippen molar-refractivity contribution in [3.8, 4) is 17.2 Å². The SMILES string of the molecule is COc1cc(/C=C/C(=O)c2ccc(O)cc2)ccc1OC(F)F. The molecule has 1 N–H and O–H groups in total. The number of benzene rings is 2. The number of phenolic OH excluding ortho intramolecular Hbond substituents is 1. The van der Waals surface area contributed by atoms with Crippen LogP contribution in [-0.4, -0.2) is 24.6 Å². The van der Waals surface area contributed by atoms with Gasteiger partial charge in [-0.05, 0) is 48.0 Å². The third kappa shape index (κ3) is 4.54. The molecular weight excluding hydrogens is 306 g/mol. The Balaban J connectivity index is 2.15. The second-order valence-electron chi connectivity index (χ2n) is 4.53. The minimum atomic E-state index is -2.94. The van der Waals surface area contributed by atoms with Crippen molar-refractivity contribution < 1.29 is 28.2 Å². The van der Waals surface area contributed by atoms with Gasteiger partial charge in [0.05, 0.1) is 7.11 Å². The quantitative estimate of drug-likeness (QED) is 0.648. The van der Waals surface area contributed by atoms with E-state index < -0.39 is 6.61 Å². The number of phenols is 1. The largest absolute Gasteiger partial charge is 0.508 e. The van der Waals surface area contributed by atoms with Gasteiger partial charge in [-0.2, -0.15) is 8.78 Å². The van der Waals surface area contributed by atoms with Gasteiger partial charge >= 0.3 is 6.61 Å². The number of carbonyl (C=O) groups is 1. The van der Waals surface area contributed by atoms with Crippen molar-refractivity contribution in [2.75, 3.05) is 7.11 Å². The molecule has 2 rings (SSSR count). The van der Waals surface area contributed by atoms with E-state index in [1.54, 1.807) is 0 Å². The molecule has 0 atom stereocenters. The van der Waals surface area contributed by atoms with Crippen molar-refractivity contribution in [2.45, 2.75) is 6.61 Å². The van der Waals surface area contributed by atoms with Crippen LogP contribution in [0.2, 0.25) is 0 Å². The maximum Gasteiger partial charge on any atom is 0.387 e. The molecule has 4 nitrogen and oxygen atoms in total. The fourth-order valence-corrected chi connectivity index (χ4v) is 1.88.